The summed E-state index contributed by atoms with van der Waals surface area (Å²) in [6, 6.07) is 19.6. The zero-order valence-corrected chi connectivity index (χ0v) is 16.4. The summed E-state index contributed by atoms with van der Waals surface area (Å²) in [6.07, 6.45) is 6.75. The molecule has 3 rings (SSSR count). The van der Waals surface area contributed by atoms with Gasteiger partial charge < -0.3 is 4.90 Å². The van der Waals surface area contributed by atoms with Gasteiger partial charge in [0, 0.05) is 19.3 Å². The molecule has 0 bridgehead atoms. The van der Waals surface area contributed by atoms with Crippen LogP contribution in [-0.4, -0.2) is 18.5 Å². The van der Waals surface area contributed by atoms with E-state index in [1.165, 1.54) is 39.1 Å². The van der Waals surface area contributed by atoms with Gasteiger partial charge in [0.25, 0.3) is 0 Å². The summed E-state index contributed by atoms with van der Waals surface area (Å²) in [6.45, 7) is 7.60. The molecule has 1 heteroatoms. The van der Waals surface area contributed by atoms with Crippen molar-refractivity contribution in [3.63, 3.8) is 0 Å². The van der Waals surface area contributed by atoms with Crippen LogP contribution in [0, 0.1) is 0 Å². The fourth-order valence-corrected chi connectivity index (χ4v) is 3.88. The quantitative estimate of drug-likeness (QED) is 0.549. The largest absolute Gasteiger partial charge is 0.370 e. The Labute approximate surface area is 158 Å². The molecule has 1 aliphatic carbocycles. The summed E-state index contributed by atoms with van der Waals surface area (Å²) in [4.78, 5) is 2.41. The summed E-state index contributed by atoms with van der Waals surface area (Å²) in [7, 11) is 2.22. The third-order valence-corrected chi connectivity index (χ3v) is 5.04. The second kappa shape index (κ2) is 8.23. The van der Waals surface area contributed by atoms with E-state index in [0.717, 1.165) is 19.4 Å². The summed E-state index contributed by atoms with van der Waals surface area (Å²) in [5, 5.41) is 0. The summed E-state index contributed by atoms with van der Waals surface area (Å²) < 4.78 is 0. The fraction of sp³-hybridized carbons (Fsp3) is 0.280. The van der Waals surface area contributed by atoms with E-state index in [1.54, 1.807) is 0 Å². The number of rotatable bonds is 5. The summed E-state index contributed by atoms with van der Waals surface area (Å²) in [5.41, 5.74) is 9.57. The minimum Gasteiger partial charge on any atom is -0.370 e. The van der Waals surface area contributed by atoms with E-state index in [2.05, 4.69) is 99.5 Å². The number of hydrogen-bond donors (Lipinski definition) is 0. The molecule has 1 aliphatic rings. The molecule has 0 aromatic heterocycles. The molecular formula is C25H29N. The van der Waals surface area contributed by atoms with Crippen LogP contribution in [0.15, 0.2) is 72.3 Å². The SMILES string of the molecule is CC/C=C(\C)CN(C)/C(=C1\CC=C(C)c2ccccc21)c1ccccc1. The van der Waals surface area contributed by atoms with Crippen LogP contribution < -0.4 is 0 Å². The van der Waals surface area contributed by atoms with Gasteiger partial charge in [-0.1, -0.05) is 79.2 Å². The first-order chi connectivity index (χ1) is 12.6. The topological polar surface area (TPSA) is 3.24 Å². The molecule has 134 valence electrons. The second-order valence-electron chi connectivity index (χ2n) is 7.14. The molecule has 2 aromatic carbocycles. The van der Waals surface area contributed by atoms with Gasteiger partial charge in [0.15, 0.2) is 0 Å². The summed E-state index contributed by atoms with van der Waals surface area (Å²) >= 11 is 0. The highest BCUT2D eigenvalue weighted by Crippen LogP contribution is 2.39. The van der Waals surface area contributed by atoms with Crippen molar-refractivity contribution in [2.45, 2.75) is 33.6 Å². The van der Waals surface area contributed by atoms with Crippen molar-refractivity contribution < 1.29 is 0 Å². The predicted octanol–water partition coefficient (Wildman–Crippen LogP) is 6.65. The molecule has 26 heavy (non-hydrogen) atoms. The first-order valence-corrected chi connectivity index (χ1v) is 9.53. The molecule has 0 saturated carbocycles. The molecule has 0 amide bonds. The van der Waals surface area contributed by atoms with E-state index < -0.39 is 0 Å². The van der Waals surface area contributed by atoms with Crippen molar-refractivity contribution in [3.8, 4) is 0 Å². The third-order valence-electron chi connectivity index (χ3n) is 5.04. The maximum Gasteiger partial charge on any atom is 0.0482 e. The number of likely N-dealkylation sites (N-methyl/N-ethyl adjacent to an activating group) is 1. The zero-order chi connectivity index (χ0) is 18.5. The van der Waals surface area contributed by atoms with Gasteiger partial charge in [-0.15, -0.1) is 0 Å². The van der Waals surface area contributed by atoms with Gasteiger partial charge in [0.05, 0.1) is 0 Å². The lowest BCUT2D eigenvalue weighted by atomic mass is 9.85. The lowest BCUT2D eigenvalue weighted by Gasteiger charge is -2.29. The van der Waals surface area contributed by atoms with E-state index in [4.69, 9.17) is 0 Å². The predicted molar refractivity (Wildman–Crippen MR) is 115 cm³/mol. The number of hydrogen-bond acceptors (Lipinski definition) is 1. The highest BCUT2D eigenvalue weighted by atomic mass is 15.1. The Morgan fingerprint density at radius 1 is 1.00 bits per heavy atom. The van der Waals surface area contributed by atoms with E-state index in [-0.39, 0.29) is 0 Å². The van der Waals surface area contributed by atoms with Crippen molar-refractivity contribution >= 4 is 16.8 Å². The Morgan fingerprint density at radius 3 is 2.35 bits per heavy atom. The maximum absolute atomic E-state index is 2.41. The molecule has 0 aliphatic heterocycles. The van der Waals surface area contributed by atoms with Crippen LogP contribution in [0.2, 0.25) is 0 Å². The van der Waals surface area contributed by atoms with Gasteiger partial charge in [-0.2, -0.15) is 0 Å². The first kappa shape index (κ1) is 18.3. The van der Waals surface area contributed by atoms with Crippen molar-refractivity contribution in [3.05, 3.63) is 89.0 Å². The number of benzene rings is 2. The van der Waals surface area contributed by atoms with Gasteiger partial charge in [-0.25, -0.2) is 0 Å². The molecule has 0 unspecified atom stereocenters. The van der Waals surface area contributed by atoms with Gasteiger partial charge in [-0.3, -0.25) is 0 Å². The van der Waals surface area contributed by atoms with Crippen LogP contribution in [-0.2, 0) is 0 Å². The molecule has 2 aromatic rings. The van der Waals surface area contributed by atoms with Crippen LogP contribution in [0.5, 0.6) is 0 Å². The first-order valence-electron chi connectivity index (χ1n) is 9.53. The maximum atomic E-state index is 2.41. The fourth-order valence-electron chi connectivity index (χ4n) is 3.88. The average Bonchev–Trinajstić information content (AvgIpc) is 2.65. The number of fused-ring (bicyclic) bond motifs is 1. The van der Waals surface area contributed by atoms with Gasteiger partial charge in [-0.05, 0) is 54.5 Å². The Bertz CT molecular complexity index is 853. The Balaban J connectivity index is 2.15. The molecule has 0 heterocycles. The Hall–Kier alpha value is -2.54. The standard InChI is InChI=1S/C25H29N/c1-5-11-19(2)18-26(4)25(21-12-7-6-8-13-21)24-17-16-20(3)22-14-9-10-15-23(22)24/h6-16H,5,17-18H2,1-4H3/b19-11+,25-24+. The molecule has 0 atom stereocenters. The van der Waals surface area contributed by atoms with E-state index in [9.17, 15) is 0 Å². The Morgan fingerprint density at radius 2 is 1.65 bits per heavy atom. The monoisotopic (exact) mass is 343 g/mol. The minimum atomic E-state index is 0.951. The molecule has 0 radical (unpaired) electrons. The van der Waals surface area contributed by atoms with Crippen molar-refractivity contribution in [1.82, 2.24) is 4.90 Å². The van der Waals surface area contributed by atoms with Gasteiger partial charge in [0.1, 0.15) is 0 Å². The minimum absolute atomic E-state index is 0.951. The highest BCUT2D eigenvalue weighted by Gasteiger charge is 2.20. The normalized spacial score (nSPS) is 16.0. The van der Waals surface area contributed by atoms with Crippen molar-refractivity contribution in [2.24, 2.45) is 0 Å². The number of allylic oxidation sites excluding steroid dienone is 4. The van der Waals surface area contributed by atoms with Crippen molar-refractivity contribution in [2.75, 3.05) is 13.6 Å². The number of nitrogens with zero attached hydrogens (tertiary/aromatic N) is 1. The van der Waals surface area contributed by atoms with Crippen LogP contribution >= 0.6 is 0 Å². The lowest BCUT2D eigenvalue weighted by molar-refractivity contribution is 0.521. The second-order valence-corrected chi connectivity index (χ2v) is 7.14. The van der Waals surface area contributed by atoms with Crippen LogP contribution in [0.4, 0.5) is 0 Å². The van der Waals surface area contributed by atoms with Gasteiger partial charge >= 0.3 is 0 Å². The van der Waals surface area contributed by atoms with Crippen molar-refractivity contribution in [1.29, 1.82) is 0 Å². The van der Waals surface area contributed by atoms with Crippen LogP contribution in [0.1, 0.15) is 50.3 Å². The molecular weight excluding hydrogens is 314 g/mol. The molecule has 1 nitrogen and oxygen atoms in total. The lowest BCUT2D eigenvalue weighted by Crippen LogP contribution is -2.21. The highest BCUT2D eigenvalue weighted by molar-refractivity contribution is 5.96. The smallest absolute Gasteiger partial charge is 0.0482 e. The molecule has 0 fully saturated rings. The average molecular weight is 344 g/mol. The van der Waals surface area contributed by atoms with E-state index >= 15 is 0 Å². The van der Waals surface area contributed by atoms with Crippen LogP contribution in [0.3, 0.4) is 0 Å². The molecule has 0 spiro atoms. The Kier molecular flexibility index (Phi) is 5.78. The van der Waals surface area contributed by atoms with E-state index in [1.807, 2.05) is 0 Å². The molecule has 0 N–H and O–H groups in total. The van der Waals surface area contributed by atoms with E-state index in [0.29, 0.717) is 0 Å². The molecule has 0 saturated heterocycles. The zero-order valence-electron chi connectivity index (χ0n) is 16.4. The van der Waals surface area contributed by atoms with Crippen LogP contribution in [0.25, 0.3) is 16.8 Å². The van der Waals surface area contributed by atoms with Gasteiger partial charge in [0.2, 0.25) is 0 Å². The summed E-state index contributed by atoms with van der Waals surface area (Å²) in [5.74, 6) is 0. The third kappa shape index (κ3) is 3.83.